The first-order valence-corrected chi connectivity index (χ1v) is 9.77. The molecule has 0 bridgehead atoms. The van der Waals surface area contributed by atoms with Gasteiger partial charge in [0.2, 0.25) is 0 Å². The summed E-state index contributed by atoms with van der Waals surface area (Å²) in [5.74, 6) is 0. The number of para-hydroxylation sites is 1. The summed E-state index contributed by atoms with van der Waals surface area (Å²) in [7, 11) is 0. The Labute approximate surface area is 162 Å². The molecule has 1 atom stereocenters. The summed E-state index contributed by atoms with van der Waals surface area (Å²) in [5.41, 5.74) is 6.47. The summed E-state index contributed by atoms with van der Waals surface area (Å²) in [6.07, 6.45) is 24.2. The number of rotatable bonds is 4. The van der Waals surface area contributed by atoms with Gasteiger partial charge in [0.25, 0.3) is 0 Å². The van der Waals surface area contributed by atoms with Crippen LogP contribution in [0, 0.1) is 0 Å². The lowest BCUT2D eigenvalue weighted by Gasteiger charge is -2.33. The molecular formula is C25H26N2. The molecule has 2 heterocycles. The van der Waals surface area contributed by atoms with Crippen molar-refractivity contribution in [2.24, 2.45) is 0 Å². The largest absolute Gasteiger partial charge is 0.367 e. The summed E-state index contributed by atoms with van der Waals surface area (Å²) in [6.45, 7) is 6.37. The lowest BCUT2D eigenvalue weighted by Crippen LogP contribution is -2.33. The van der Waals surface area contributed by atoms with Gasteiger partial charge in [0.1, 0.15) is 0 Å². The van der Waals surface area contributed by atoms with Gasteiger partial charge in [-0.2, -0.15) is 0 Å². The van der Waals surface area contributed by atoms with E-state index < -0.39 is 0 Å². The summed E-state index contributed by atoms with van der Waals surface area (Å²) in [4.78, 5) is 4.65. The Balaban J connectivity index is 1.63. The van der Waals surface area contributed by atoms with E-state index in [1.807, 2.05) is 0 Å². The third-order valence-electron chi connectivity index (χ3n) is 5.35. The van der Waals surface area contributed by atoms with Crippen molar-refractivity contribution in [3.05, 3.63) is 108 Å². The number of hydrogen-bond acceptors (Lipinski definition) is 2. The van der Waals surface area contributed by atoms with Crippen LogP contribution in [0.25, 0.3) is 5.57 Å². The topological polar surface area (TPSA) is 6.48 Å². The van der Waals surface area contributed by atoms with E-state index in [1.54, 1.807) is 0 Å². The fourth-order valence-electron chi connectivity index (χ4n) is 3.89. The highest BCUT2D eigenvalue weighted by molar-refractivity contribution is 5.86. The molecule has 0 spiro atoms. The van der Waals surface area contributed by atoms with E-state index in [9.17, 15) is 0 Å². The molecule has 2 heteroatoms. The molecule has 0 amide bonds. The van der Waals surface area contributed by atoms with Crippen molar-refractivity contribution >= 4 is 11.3 Å². The van der Waals surface area contributed by atoms with E-state index in [0.717, 1.165) is 13.1 Å². The second-order valence-corrected chi connectivity index (χ2v) is 6.85. The Morgan fingerprint density at radius 2 is 1.85 bits per heavy atom. The van der Waals surface area contributed by atoms with Crippen molar-refractivity contribution in [2.45, 2.75) is 19.9 Å². The number of fused-ring (bicyclic) bond motifs is 2. The van der Waals surface area contributed by atoms with Gasteiger partial charge in [-0.15, -0.1) is 0 Å². The predicted octanol–water partition coefficient (Wildman–Crippen LogP) is 5.62. The first kappa shape index (κ1) is 17.4. The van der Waals surface area contributed by atoms with Gasteiger partial charge in [0.05, 0.1) is 6.04 Å². The quantitative estimate of drug-likeness (QED) is 0.692. The normalized spacial score (nSPS) is 22.1. The molecule has 2 aliphatic heterocycles. The van der Waals surface area contributed by atoms with Crippen molar-refractivity contribution in [3.8, 4) is 0 Å². The molecule has 1 aromatic rings. The molecule has 1 aromatic carbocycles. The van der Waals surface area contributed by atoms with Crippen molar-refractivity contribution in [3.63, 3.8) is 0 Å². The van der Waals surface area contributed by atoms with Crippen LogP contribution >= 0.6 is 0 Å². The second kappa shape index (κ2) is 7.71. The van der Waals surface area contributed by atoms with Gasteiger partial charge in [-0.3, -0.25) is 0 Å². The van der Waals surface area contributed by atoms with Crippen LogP contribution < -0.4 is 4.90 Å². The Morgan fingerprint density at radius 3 is 2.70 bits per heavy atom. The molecule has 27 heavy (non-hydrogen) atoms. The van der Waals surface area contributed by atoms with E-state index in [1.165, 1.54) is 28.0 Å². The van der Waals surface area contributed by atoms with Gasteiger partial charge in [-0.1, -0.05) is 60.7 Å². The molecule has 1 unspecified atom stereocenters. The van der Waals surface area contributed by atoms with Crippen LogP contribution in [0.15, 0.2) is 102 Å². The lowest BCUT2D eigenvalue weighted by molar-refractivity contribution is 0.364. The fraction of sp³-hybridized carbons (Fsp3) is 0.200. The van der Waals surface area contributed by atoms with E-state index in [-0.39, 0.29) is 0 Å². The van der Waals surface area contributed by atoms with Crippen molar-refractivity contribution in [1.82, 2.24) is 4.90 Å². The van der Waals surface area contributed by atoms with E-state index >= 15 is 0 Å². The molecule has 0 fully saturated rings. The Kier molecular flexibility index (Phi) is 4.97. The van der Waals surface area contributed by atoms with Gasteiger partial charge in [-0.05, 0) is 48.8 Å². The van der Waals surface area contributed by atoms with Gasteiger partial charge in [0, 0.05) is 36.7 Å². The standard InChI is InChI=1S/C25H26N2/c1-3-26-18-16-20(22-12-5-7-14-24(22)26)10-9-11-21-17-19-27(4-2)25-15-8-6-13-23(21)25/h5-19,24H,3-4H2,1-2H3/b10-9+,21-11+. The van der Waals surface area contributed by atoms with Crippen molar-refractivity contribution < 1.29 is 0 Å². The maximum atomic E-state index is 2.37. The Bertz CT molecular complexity index is 921. The van der Waals surface area contributed by atoms with Crippen LogP contribution in [0.5, 0.6) is 0 Å². The fourth-order valence-corrected chi connectivity index (χ4v) is 3.89. The molecule has 1 aliphatic carbocycles. The highest BCUT2D eigenvalue weighted by Gasteiger charge is 2.21. The second-order valence-electron chi connectivity index (χ2n) is 6.85. The zero-order chi connectivity index (χ0) is 18.6. The molecule has 4 rings (SSSR count). The van der Waals surface area contributed by atoms with Crippen LogP contribution in [0.2, 0.25) is 0 Å². The first-order chi connectivity index (χ1) is 13.3. The average molecular weight is 354 g/mol. The van der Waals surface area contributed by atoms with Crippen LogP contribution in [0.1, 0.15) is 19.4 Å². The Hall–Kier alpha value is -3.00. The van der Waals surface area contributed by atoms with Gasteiger partial charge in [0.15, 0.2) is 0 Å². The zero-order valence-corrected chi connectivity index (χ0v) is 16.0. The summed E-state index contributed by atoms with van der Waals surface area (Å²) >= 11 is 0. The van der Waals surface area contributed by atoms with Crippen LogP contribution in [-0.4, -0.2) is 24.0 Å². The molecular weight excluding hydrogens is 328 g/mol. The minimum Gasteiger partial charge on any atom is -0.367 e. The van der Waals surface area contributed by atoms with Crippen molar-refractivity contribution in [1.29, 1.82) is 0 Å². The van der Waals surface area contributed by atoms with Gasteiger partial charge in [-0.25, -0.2) is 0 Å². The number of hydrogen-bond donors (Lipinski definition) is 0. The number of anilines is 1. The van der Waals surface area contributed by atoms with E-state index in [2.05, 4.69) is 115 Å². The van der Waals surface area contributed by atoms with Crippen LogP contribution in [0.3, 0.4) is 0 Å². The third kappa shape index (κ3) is 3.35. The molecule has 0 saturated heterocycles. The summed E-state index contributed by atoms with van der Waals surface area (Å²) in [5, 5.41) is 0. The molecule has 0 aromatic heterocycles. The highest BCUT2D eigenvalue weighted by atomic mass is 15.1. The maximum absolute atomic E-state index is 2.37. The number of allylic oxidation sites excluding steroid dienone is 9. The molecule has 0 N–H and O–H groups in total. The first-order valence-electron chi connectivity index (χ1n) is 9.77. The molecule has 2 nitrogen and oxygen atoms in total. The molecule has 0 radical (unpaired) electrons. The monoisotopic (exact) mass is 354 g/mol. The number of benzene rings is 1. The molecule has 136 valence electrons. The van der Waals surface area contributed by atoms with Gasteiger partial charge >= 0.3 is 0 Å². The lowest BCUT2D eigenvalue weighted by atomic mass is 9.92. The van der Waals surface area contributed by atoms with Crippen molar-refractivity contribution in [2.75, 3.05) is 18.0 Å². The average Bonchev–Trinajstić information content (AvgIpc) is 2.74. The minimum absolute atomic E-state index is 0.353. The van der Waals surface area contributed by atoms with Gasteiger partial charge < -0.3 is 9.80 Å². The smallest absolute Gasteiger partial charge is 0.0729 e. The predicted molar refractivity (Wildman–Crippen MR) is 116 cm³/mol. The van der Waals surface area contributed by atoms with E-state index in [4.69, 9.17) is 0 Å². The highest BCUT2D eigenvalue weighted by Crippen LogP contribution is 2.33. The maximum Gasteiger partial charge on any atom is 0.0729 e. The van der Waals surface area contributed by atoms with Crippen LogP contribution in [0.4, 0.5) is 5.69 Å². The molecule has 3 aliphatic rings. The summed E-state index contributed by atoms with van der Waals surface area (Å²) in [6, 6.07) is 8.97. The van der Waals surface area contributed by atoms with E-state index in [0.29, 0.717) is 6.04 Å². The summed E-state index contributed by atoms with van der Waals surface area (Å²) < 4.78 is 0. The molecule has 0 saturated carbocycles. The number of nitrogens with zero attached hydrogens (tertiary/aromatic N) is 2. The minimum atomic E-state index is 0.353. The SMILES string of the molecule is CCN1C=C/C(=C\C=C\C2=C3C=CC=CC3N(CC)C=C2)c2ccccc21. The number of likely N-dealkylation sites (N-methyl/N-ethyl adjacent to an activating group) is 1. The third-order valence-corrected chi connectivity index (χ3v) is 5.35. The van der Waals surface area contributed by atoms with Crippen LogP contribution in [-0.2, 0) is 0 Å². The Morgan fingerprint density at radius 1 is 0.963 bits per heavy atom. The zero-order valence-electron chi connectivity index (χ0n) is 16.0.